The zero-order valence-electron chi connectivity index (χ0n) is 20.7. The van der Waals surface area contributed by atoms with E-state index in [1.807, 2.05) is 50.8 Å². The largest absolute Gasteiger partial charge is 0.497 e. The van der Waals surface area contributed by atoms with Crippen LogP contribution in [0.15, 0.2) is 73.2 Å². The highest BCUT2D eigenvalue weighted by Crippen LogP contribution is 2.35. The van der Waals surface area contributed by atoms with Crippen LogP contribution in [0, 0.1) is 5.82 Å². The first-order valence-electron chi connectivity index (χ1n) is 11.9. The van der Waals surface area contributed by atoms with Crippen molar-refractivity contribution in [1.29, 1.82) is 0 Å². The molecule has 0 aliphatic heterocycles. The van der Waals surface area contributed by atoms with Crippen LogP contribution in [0.5, 0.6) is 5.75 Å². The normalized spacial score (nSPS) is 11.6. The molecular formula is C29H25FN6O. The van der Waals surface area contributed by atoms with Gasteiger partial charge in [0, 0.05) is 47.5 Å². The summed E-state index contributed by atoms with van der Waals surface area (Å²) < 4.78 is 19.5. The van der Waals surface area contributed by atoms with Crippen molar-refractivity contribution in [3.8, 4) is 39.4 Å². The summed E-state index contributed by atoms with van der Waals surface area (Å²) in [6.45, 7) is 0.821. The van der Waals surface area contributed by atoms with Crippen molar-refractivity contribution in [2.75, 3.05) is 21.2 Å². The molecule has 0 unspecified atom stereocenters. The number of aromatic amines is 2. The first-order chi connectivity index (χ1) is 18.0. The molecule has 0 radical (unpaired) electrons. The molecule has 4 aromatic heterocycles. The lowest BCUT2D eigenvalue weighted by Gasteiger charge is -2.10. The smallest absolute Gasteiger partial charge is 0.138 e. The van der Waals surface area contributed by atoms with Gasteiger partial charge in [-0.05, 0) is 78.8 Å². The highest BCUT2D eigenvalue weighted by Gasteiger charge is 2.16. The van der Waals surface area contributed by atoms with Crippen LogP contribution in [0.3, 0.4) is 0 Å². The number of nitrogens with one attached hydrogen (secondary N) is 2. The fourth-order valence-electron chi connectivity index (χ4n) is 4.74. The minimum absolute atomic E-state index is 0.356. The van der Waals surface area contributed by atoms with Gasteiger partial charge in [-0.25, -0.2) is 9.37 Å². The van der Waals surface area contributed by atoms with Gasteiger partial charge < -0.3 is 14.6 Å². The molecule has 37 heavy (non-hydrogen) atoms. The fourth-order valence-corrected chi connectivity index (χ4v) is 4.74. The van der Waals surface area contributed by atoms with E-state index in [9.17, 15) is 4.39 Å². The average molecular weight is 493 g/mol. The number of methoxy groups -OCH3 is 1. The zero-order valence-corrected chi connectivity index (χ0v) is 20.7. The molecule has 0 bridgehead atoms. The Labute approximate surface area is 213 Å². The predicted molar refractivity (Wildman–Crippen MR) is 144 cm³/mol. The van der Waals surface area contributed by atoms with E-state index in [1.54, 1.807) is 6.20 Å². The third kappa shape index (κ3) is 4.32. The summed E-state index contributed by atoms with van der Waals surface area (Å²) in [5.74, 6) is 0.107. The van der Waals surface area contributed by atoms with Crippen molar-refractivity contribution < 1.29 is 9.13 Å². The molecule has 4 heterocycles. The number of ether oxygens (including phenoxy) is 1. The van der Waals surface area contributed by atoms with Crippen LogP contribution in [-0.2, 0) is 6.54 Å². The SMILES string of the molecule is COc1cc(F)cc(-c2ccnc3[nH]c(-c4n[nH]c5ccc(-c6cncc(CN(C)C)c6)cc45)cc23)c1. The van der Waals surface area contributed by atoms with Crippen molar-refractivity contribution in [2.45, 2.75) is 6.54 Å². The molecule has 0 saturated heterocycles. The topological polar surface area (TPSA) is 82.7 Å². The highest BCUT2D eigenvalue weighted by atomic mass is 19.1. The van der Waals surface area contributed by atoms with Gasteiger partial charge in [0.2, 0.25) is 0 Å². The van der Waals surface area contributed by atoms with E-state index < -0.39 is 0 Å². The van der Waals surface area contributed by atoms with E-state index in [2.05, 4.69) is 48.2 Å². The summed E-state index contributed by atoms with van der Waals surface area (Å²) in [5, 5.41) is 9.60. The summed E-state index contributed by atoms with van der Waals surface area (Å²) in [4.78, 5) is 14.5. The summed E-state index contributed by atoms with van der Waals surface area (Å²) in [6.07, 6.45) is 5.49. The third-order valence-corrected chi connectivity index (χ3v) is 6.39. The summed E-state index contributed by atoms with van der Waals surface area (Å²) in [6, 6.07) is 17.0. The number of rotatable bonds is 6. The van der Waals surface area contributed by atoms with Gasteiger partial charge >= 0.3 is 0 Å². The Morgan fingerprint density at radius 1 is 0.919 bits per heavy atom. The van der Waals surface area contributed by atoms with Gasteiger partial charge in [-0.3, -0.25) is 10.1 Å². The average Bonchev–Trinajstić information content (AvgIpc) is 3.51. The van der Waals surface area contributed by atoms with E-state index >= 15 is 0 Å². The molecule has 0 amide bonds. The molecule has 0 aliphatic carbocycles. The van der Waals surface area contributed by atoms with Crippen molar-refractivity contribution in [3.63, 3.8) is 0 Å². The van der Waals surface area contributed by atoms with E-state index in [0.29, 0.717) is 17.0 Å². The number of H-pyrrole nitrogens is 2. The standard InChI is InChI=1S/C29H25FN6O/c1-36(2)16-17-8-20(15-31-14-17)18-4-5-26-25(11-18)28(35-34-26)27-13-24-23(6-7-32-29(24)33-27)19-9-21(30)12-22(10-19)37-3/h4-15H,16H2,1-3H3,(H,32,33)(H,34,35). The van der Waals surface area contributed by atoms with Crippen LogP contribution in [0.25, 0.3) is 55.6 Å². The Hall–Kier alpha value is -4.56. The Morgan fingerprint density at radius 2 is 1.81 bits per heavy atom. The number of nitrogens with zero attached hydrogens (tertiary/aromatic N) is 4. The zero-order chi connectivity index (χ0) is 25.5. The molecule has 184 valence electrons. The summed E-state index contributed by atoms with van der Waals surface area (Å²) in [5.41, 5.74) is 8.07. The quantitative estimate of drug-likeness (QED) is 0.296. The summed E-state index contributed by atoms with van der Waals surface area (Å²) >= 11 is 0. The number of halogens is 1. The molecule has 0 saturated carbocycles. The Bertz CT molecular complexity index is 1750. The lowest BCUT2D eigenvalue weighted by atomic mass is 10.0. The molecule has 0 atom stereocenters. The van der Waals surface area contributed by atoms with E-state index in [4.69, 9.17) is 4.74 Å². The maximum atomic E-state index is 14.2. The first kappa shape index (κ1) is 22.9. The second-order valence-electron chi connectivity index (χ2n) is 9.34. The second kappa shape index (κ2) is 9.15. The van der Waals surface area contributed by atoms with Gasteiger partial charge in [-0.15, -0.1) is 0 Å². The molecule has 2 N–H and O–H groups in total. The molecule has 6 aromatic rings. The number of benzene rings is 2. The molecule has 7 nitrogen and oxygen atoms in total. The van der Waals surface area contributed by atoms with Crippen LogP contribution in [0.4, 0.5) is 4.39 Å². The fraction of sp³-hybridized carbons (Fsp3) is 0.138. The van der Waals surface area contributed by atoms with Gasteiger partial charge in [-0.2, -0.15) is 5.10 Å². The molecule has 0 aliphatic rings. The van der Waals surface area contributed by atoms with Gasteiger partial charge in [0.15, 0.2) is 0 Å². The molecular weight excluding hydrogens is 467 g/mol. The molecule has 2 aromatic carbocycles. The maximum absolute atomic E-state index is 14.2. The second-order valence-corrected chi connectivity index (χ2v) is 9.34. The number of fused-ring (bicyclic) bond motifs is 2. The minimum Gasteiger partial charge on any atom is -0.497 e. The third-order valence-electron chi connectivity index (χ3n) is 6.39. The Balaban J connectivity index is 1.45. The minimum atomic E-state index is -0.356. The van der Waals surface area contributed by atoms with Crippen LogP contribution >= 0.6 is 0 Å². The monoisotopic (exact) mass is 492 g/mol. The lowest BCUT2D eigenvalue weighted by Crippen LogP contribution is -2.10. The molecule has 6 rings (SSSR count). The van der Waals surface area contributed by atoms with Crippen molar-refractivity contribution >= 4 is 21.9 Å². The van der Waals surface area contributed by atoms with Crippen LogP contribution < -0.4 is 4.74 Å². The maximum Gasteiger partial charge on any atom is 0.138 e. The lowest BCUT2D eigenvalue weighted by molar-refractivity contribution is 0.402. The van der Waals surface area contributed by atoms with Gasteiger partial charge in [0.1, 0.15) is 22.9 Å². The van der Waals surface area contributed by atoms with E-state index in [-0.39, 0.29) is 5.82 Å². The summed E-state index contributed by atoms with van der Waals surface area (Å²) in [7, 11) is 5.62. The molecule has 0 spiro atoms. The predicted octanol–water partition coefficient (Wildman–Crippen LogP) is 6.04. The van der Waals surface area contributed by atoms with Crippen molar-refractivity contribution in [1.82, 2.24) is 30.0 Å². The highest BCUT2D eigenvalue weighted by molar-refractivity contribution is 6.00. The van der Waals surface area contributed by atoms with Crippen LogP contribution in [0.1, 0.15) is 5.56 Å². The van der Waals surface area contributed by atoms with Gasteiger partial charge in [0.25, 0.3) is 0 Å². The van der Waals surface area contributed by atoms with Crippen LogP contribution in [0.2, 0.25) is 0 Å². The van der Waals surface area contributed by atoms with Gasteiger partial charge in [-0.1, -0.05) is 6.07 Å². The molecule has 8 heteroatoms. The number of hydrogen-bond donors (Lipinski definition) is 2. The number of hydrogen-bond acceptors (Lipinski definition) is 5. The Morgan fingerprint density at radius 3 is 2.65 bits per heavy atom. The van der Waals surface area contributed by atoms with E-state index in [0.717, 1.165) is 56.5 Å². The van der Waals surface area contributed by atoms with Crippen molar-refractivity contribution in [3.05, 3.63) is 84.6 Å². The number of aromatic nitrogens is 5. The number of pyridine rings is 2. The Kier molecular flexibility index (Phi) is 5.65. The first-order valence-corrected chi connectivity index (χ1v) is 11.9. The van der Waals surface area contributed by atoms with Crippen LogP contribution in [-0.4, -0.2) is 51.3 Å². The molecule has 0 fully saturated rings. The van der Waals surface area contributed by atoms with Gasteiger partial charge in [0.05, 0.1) is 18.3 Å². The van der Waals surface area contributed by atoms with E-state index in [1.165, 1.54) is 19.2 Å². The van der Waals surface area contributed by atoms with Crippen molar-refractivity contribution in [2.24, 2.45) is 0 Å².